The molecule has 0 saturated heterocycles. The standard InChI is InChI=1S/C11H13ClF2N2O.ClH/c1-7-4-8(12)2-3-9(7)10(17)16-6-11(13,14)5-15;/h2-4H,5-6,15H2,1H3,(H,16,17);1H. The quantitative estimate of drug-likeness (QED) is 0.897. The number of nitrogens with one attached hydrogen (secondary N) is 1. The number of benzene rings is 1. The second-order valence-electron chi connectivity index (χ2n) is 3.70. The van der Waals surface area contributed by atoms with E-state index in [9.17, 15) is 13.6 Å². The molecule has 0 spiro atoms. The van der Waals surface area contributed by atoms with Crippen LogP contribution in [0.4, 0.5) is 8.78 Å². The van der Waals surface area contributed by atoms with Gasteiger partial charge in [0.25, 0.3) is 11.8 Å². The van der Waals surface area contributed by atoms with E-state index in [1.165, 1.54) is 12.1 Å². The molecule has 0 heterocycles. The van der Waals surface area contributed by atoms with E-state index in [0.717, 1.165) is 0 Å². The largest absolute Gasteiger partial charge is 0.346 e. The number of hydrogen-bond acceptors (Lipinski definition) is 2. The Labute approximate surface area is 115 Å². The van der Waals surface area contributed by atoms with Crippen LogP contribution in [0.15, 0.2) is 18.2 Å². The summed E-state index contributed by atoms with van der Waals surface area (Å²) < 4.78 is 25.7. The highest BCUT2D eigenvalue weighted by molar-refractivity contribution is 6.30. The molecule has 0 bridgehead atoms. The van der Waals surface area contributed by atoms with E-state index >= 15 is 0 Å². The Morgan fingerprint density at radius 3 is 2.61 bits per heavy atom. The van der Waals surface area contributed by atoms with Crippen LogP contribution >= 0.6 is 24.0 Å². The molecule has 0 atom stereocenters. The molecule has 3 nitrogen and oxygen atoms in total. The number of amides is 1. The third-order valence-corrected chi connectivity index (χ3v) is 2.47. The molecular formula is C11H14Cl2F2N2O. The normalized spacial score (nSPS) is 10.7. The molecule has 1 rings (SSSR count). The van der Waals surface area contributed by atoms with Crippen LogP contribution < -0.4 is 11.1 Å². The zero-order valence-electron chi connectivity index (χ0n) is 9.67. The van der Waals surface area contributed by atoms with E-state index in [1.54, 1.807) is 13.0 Å². The molecule has 1 amide bonds. The van der Waals surface area contributed by atoms with Gasteiger partial charge in [-0.05, 0) is 30.7 Å². The highest BCUT2D eigenvalue weighted by Gasteiger charge is 2.27. The smallest absolute Gasteiger partial charge is 0.277 e. The lowest BCUT2D eigenvalue weighted by Crippen LogP contribution is -2.41. The van der Waals surface area contributed by atoms with Gasteiger partial charge in [0.2, 0.25) is 0 Å². The summed E-state index contributed by atoms with van der Waals surface area (Å²) in [5.41, 5.74) is 5.81. The van der Waals surface area contributed by atoms with Crippen LogP contribution in [-0.4, -0.2) is 24.9 Å². The Balaban J connectivity index is 0.00000289. The Bertz CT molecular complexity index is 428. The molecular weight excluding hydrogens is 285 g/mol. The number of nitrogens with two attached hydrogens (primary N) is 1. The van der Waals surface area contributed by atoms with E-state index in [0.29, 0.717) is 16.1 Å². The van der Waals surface area contributed by atoms with Gasteiger partial charge in [-0.3, -0.25) is 4.79 Å². The molecule has 1 aromatic carbocycles. The van der Waals surface area contributed by atoms with E-state index in [1.807, 2.05) is 0 Å². The van der Waals surface area contributed by atoms with Gasteiger partial charge in [0.1, 0.15) is 0 Å². The van der Waals surface area contributed by atoms with E-state index in [2.05, 4.69) is 5.32 Å². The Kier molecular flexibility index (Phi) is 6.52. The molecule has 0 fully saturated rings. The molecule has 3 N–H and O–H groups in total. The third kappa shape index (κ3) is 4.76. The average Bonchev–Trinajstić information content (AvgIpc) is 2.26. The molecule has 18 heavy (non-hydrogen) atoms. The summed E-state index contributed by atoms with van der Waals surface area (Å²) in [6.07, 6.45) is 0. The second kappa shape index (κ2) is 6.87. The Morgan fingerprint density at radius 1 is 1.50 bits per heavy atom. The zero-order chi connectivity index (χ0) is 13.1. The summed E-state index contributed by atoms with van der Waals surface area (Å²) >= 11 is 5.73. The van der Waals surface area contributed by atoms with Crippen LogP contribution in [0.25, 0.3) is 0 Å². The summed E-state index contributed by atoms with van der Waals surface area (Å²) in [4.78, 5) is 11.6. The first-order valence-electron chi connectivity index (χ1n) is 4.98. The van der Waals surface area contributed by atoms with Crippen molar-refractivity contribution >= 4 is 29.9 Å². The fraction of sp³-hybridized carbons (Fsp3) is 0.364. The zero-order valence-corrected chi connectivity index (χ0v) is 11.2. The molecule has 0 aliphatic carbocycles. The van der Waals surface area contributed by atoms with Crippen molar-refractivity contribution in [3.8, 4) is 0 Å². The van der Waals surface area contributed by atoms with Gasteiger partial charge in [-0.2, -0.15) is 0 Å². The van der Waals surface area contributed by atoms with Gasteiger partial charge < -0.3 is 11.1 Å². The number of hydrogen-bond donors (Lipinski definition) is 2. The molecule has 7 heteroatoms. The maximum absolute atomic E-state index is 12.8. The summed E-state index contributed by atoms with van der Waals surface area (Å²) in [5.74, 6) is -3.65. The van der Waals surface area contributed by atoms with Crippen molar-refractivity contribution in [1.82, 2.24) is 5.32 Å². The first kappa shape index (κ1) is 17.1. The van der Waals surface area contributed by atoms with Crippen LogP contribution in [-0.2, 0) is 0 Å². The van der Waals surface area contributed by atoms with Gasteiger partial charge in [0, 0.05) is 10.6 Å². The Hall–Kier alpha value is -0.910. The molecule has 102 valence electrons. The van der Waals surface area contributed by atoms with Gasteiger partial charge in [-0.1, -0.05) is 11.6 Å². The SMILES string of the molecule is Cc1cc(Cl)ccc1C(=O)NCC(F)(F)CN.Cl. The topological polar surface area (TPSA) is 55.1 Å². The minimum Gasteiger partial charge on any atom is -0.346 e. The maximum Gasteiger partial charge on any atom is 0.277 e. The van der Waals surface area contributed by atoms with E-state index < -0.39 is 24.9 Å². The number of carbonyl (C=O) groups is 1. The second-order valence-corrected chi connectivity index (χ2v) is 4.14. The van der Waals surface area contributed by atoms with Crippen molar-refractivity contribution in [2.75, 3.05) is 13.1 Å². The maximum atomic E-state index is 12.8. The summed E-state index contributed by atoms with van der Waals surface area (Å²) in [7, 11) is 0. The van der Waals surface area contributed by atoms with Crippen molar-refractivity contribution in [2.45, 2.75) is 12.8 Å². The molecule has 0 radical (unpaired) electrons. The molecule has 0 saturated carbocycles. The fourth-order valence-corrected chi connectivity index (χ4v) is 1.49. The Morgan fingerprint density at radius 2 is 2.11 bits per heavy atom. The van der Waals surface area contributed by atoms with E-state index in [-0.39, 0.29) is 12.4 Å². The van der Waals surface area contributed by atoms with Gasteiger partial charge in [0.15, 0.2) is 0 Å². The van der Waals surface area contributed by atoms with Gasteiger partial charge in [0.05, 0.1) is 13.1 Å². The van der Waals surface area contributed by atoms with Gasteiger partial charge in [-0.15, -0.1) is 12.4 Å². The number of carbonyl (C=O) groups excluding carboxylic acids is 1. The summed E-state index contributed by atoms with van der Waals surface area (Å²) in [6, 6.07) is 4.62. The molecule has 0 aliphatic rings. The van der Waals surface area contributed by atoms with Crippen molar-refractivity contribution in [3.63, 3.8) is 0 Å². The van der Waals surface area contributed by atoms with Crippen molar-refractivity contribution in [2.24, 2.45) is 5.73 Å². The lowest BCUT2D eigenvalue weighted by molar-refractivity contribution is 0.0118. The van der Waals surface area contributed by atoms with Crippen LogP contribution in [0, 0.1) is 6.92 Å². The van der Waals surface area contributed by atoms with Crippen LogP contribution in [0.5, 0.6) is 0 Å². The van der Waals surface area contributed by atoms with Crippen molar-refractivity contribution < 1.29 is 13.6 Å². The minimum absolute atomic E-state index is 0. The predicted octanol–water partition coefficient (Wildman–Crippen LogP) is 2.39. The number of alkyl halides is 2. The van der Waals surface area contributed by atoms with Crippen LogP contribution in [0.1, 0.15) is 15.9 Å². The minimum atomic E-state index is -3.09. The summed E-state index contributed by atoms with van der Waals surface area (Å²) in [5, 5.41) is 2.63. The molecule has 1 aromatic rings. The first-order valence-corrected chi connectivity index (χ1v) is 5.36. The van der Waals surface area contributed by atoms with Gasteiger partial charge >= 0.3 is 0 Å². The average molecular weight is 299 g/mol. The van der Waals surface area contributed by atoms with E-state index in [4.69, 9.17) is 17.3 Å². The fourth-order valence-electron chi connectivity index (χ4n) is 1.26. The molecule has 0 unspecified atom stereocenters. The van der Waals surface area contributed by atoms with Crippen LogP contribution in [0.3, 0.4) is 0 Å². The summed E-state index contributed by atoms with van der Waals surface area (Å²) in [6.45, 7) is 0.110. The lowest BCUT2D eigenvalue weighted by Gasteiger charge is -2.15. The highest BCUT2D eigenvalue weighted by Crippen LogP contribution is 2.15. The van der Waals surface area contributed by atoms with Crippen LogP contribution in [0.2, 0.25) is 5.02 Å². The lowest BCUT2D eigenvalue weighted by atomic mass is 10.1. The third-order valence-electron chi connectivity index (χ3n) is 2.24. The number of halogens is 4. The van der Waals surface area contributed by atoms with Gasteiger partial charge in [-0.25, -0.2) is 8.78 Å². The van der Waals surface area contributed by atoms with Crippen molar-refractivity contribution in [3.05, 3.63) is 34.3 Å². The molecule has 0 aliphatic heterocycles. The predicted molar refractivity (Wildman–Crippen MR) is 69.8 cm³/mol. The van der Waals surface area contributed by atoms with Crippen molar-refractivity contribution in [1.29, 1.82) is 0 Å². The first-order chi connectivity index (χ1) is 7.85. The molecule has 0 aromatic heterocycles. The highest BCUT2D eigenvalue weighted by atomic mass is 35.5. The number of rotatable bonds is 4. The monoisotopic (exact) mass is 298 g/mol. The number of aryl methyl sites for hydroxylation is 1.